The van der Waals surface area contributed by atoms with Crippen molar-refractivity contribution in [1.82, 2.24) is 19.6 Å². The lowest BCUT2D eigenvalue weighted by Gasteiger charge is -2.34. The van der Waals surface area contributed by atoms with Gasteiger partial charge in [-0.1, -0.05) is 47.1 Å². The molecule has 1 saturated heterocycles. The molecule has 0 radical (unpaired) electrons. The molecule has 5 aromatic rings. The average Bonchev–Trinajstić information content (AvgIpc) is 3.25. The molecule has 4 heterocycles. The minimum Gasteiger partial charge on any atom is -0.360 e. The standard InChI is InChI=1S/C26H21ClN4O3/c1-15-22-24(29-34-15)23-18(27)8-4-10-21(23)31(26(22)33)17-7-5-13-30(14-17)25(32)20-12-11-16-6-2-3-9-19(16)28-20/h2-4,6,8-12,17H,5,7,13-14H2,1H3. The smallest absolute Gasteiger partial charge is 0.272 e. The Labute approximate surface area is 199 Å². The molecule has 2 aromatic carbocycles. The summed E-state index contributed by atoms with van der Waals surface area (Å²) in [7, 11) is 0. The molecule has 8 heteroatoms. The fraction of sp³-hybridized carbons (Fsp3) is 0.231. The van der Waals surface area contributed by atoms with Crippen LogP contribution in [0.15, 0.2) is 63.9 Å². The molecule has 0 spiro atoms. The van der Waals surface area contributed by atoms with E-state index in [-0.39, 0.29) is 17.5 Å². The van der Waals surface area contributed by atoms with Gasteiger partial charge in [0.1, 0.15) is 22.4 Å². The van der Waals surface area contributed by atoms with E-state index < -0.39 is 0 Å². The van der Waals surface area contributed by atoms with Gasteiger partial charge in [0.25, 0.3) is 11.5 Å². The molecule has 6 rings (SSSR count). The summed E-state index contributed by atoms with van der Waals surface area (Å²) in [6.45, 7) is 2.75. The van der Waals surface area contributed by atoms with E-state index in [2.05, 4.69) is 10.1 Å². The van der Waals surface area contributed by atoms with E-state index in [1.165, 1.54) is 0 Å². The Bertz CT molecular complexity index is 1660. The van der Waals surface area contributed by atoms with Crippen LogP contribution in [0.4, 0.5) is 0 Å². The zero-order valence-electron chi connectivity index (χ0n) is 18.5. The highest BCUT2D eigenvalue weighted by atomic mass is 35.5. The van der Waals surface area contributed by atoms with E-state index in [1.807, 2.05) is 42.5 Å². The highest BCUT2D eigenvalue weighted by Crippen LogP contribution is 2.33. The highest BCUT2D eigenvalue weighted by Gasteiger charge is 2.29. The van der Waals surface area contributed by atoms with Crippen molar-refractivity contribution in [1.29, 1.82) is 0 Å². The second-order valence-electron chi connectivity index (χ2n) is 8.71. The van der Waals surface area contributed by atoms with Crippen molar-refractivity contribution in [3.05, 3.63) is 81.4 Å². The van der Waals surface area contributed by atoms with Crippen LogP contribution in [0.1, 0.15) is 35.1 Å². The number of hydrogen-bond acceptors (Lipinski definition) is 5. The summed E-state index contributed by atoms with van der Waals surface area (Å²) in [4.78, 5) is 33.4. The maximum absolute atomic E-state index is 13.6. The van der Waals surface area contributed by atoms with Crippen LogP contribution in [0.25, 0.3) is 32.7 Å². The van der Waals surface area contributed by atoms with Gasteiger partial charge in [0.2, 0.25) is 0 Å². The van der Waals surface area contributed by atoms with Crippen molar-refractivity contribution < 1.29 is 9.32 Å². The van der Waals surface area contributed by atoms with E-state index in [1.54, 1.807) is 28.5 Å². The van der Waals surface area contributed by atoms with Gasteiger partial charge >= 0.3 is 0 Å². The SMILES string of the molecule is Cc1onc2c1c(=O)n(C1CCCN(C(=O)c3ccc4ccccc4n3)C1)c1cccc(Cl)c21. The van der Waals surface area contributed by atoms with Crippen LogP contribution in [0.5, 0.6) is 0 Å². The first-order valence-electron chi connectivity index (χ1n) is 11.3. The number of amides is 1. The number of fused-ring (bicyclic) bond motifs is 4. The largest absolute Gasteiger partial charge is 0.360 e. The summed E-state index contributed by atoms with van der Waals surface area (Å²) in [6, 6.07) is 16.7. The number of hydrogen-bond donors (Lipinski definition) is 0. The maximum Gasteiger partial charge on any atom is 0.272 e. The number of piperidine rings is 1. The molecule has 3 aromatic heterocycles. The monoisotopic (exact) mass is 472 g/mol. The summed E-state index contributed by atoms with van der Waals surface area (Å²) in [6.07, 6.45) is 1.55. The number of carbonyl (C=O) groups excluding carboxylic acids is 1. The van der Waals surface area contributed by atoms with Gasteiger partial charge in [-0.25, -0.2) is 4.98 Å². The van der Waals surface area contributed by atoms with Gasteiger partial charge in [0.15, 0.2) is 0 Å². The third-order valence-corrected chi connectivity index (χ3v) is 6.96. The summed E-state index contributed by atoms with van der Waals surface area (Å²) >= 11 is 6.55. The zero-order valence-corrected chi connectivity index (χ0v) is 19.2. The second kappa shape index (κ2) is 7.95. The van der Waals surface area contributed by atoms with Crippen molar-refractivity contribution in [2.24, 2.45) is 0 Å². The number of benzene rings is 2. The van der Waals surface area contributed by atoms with Gasteiger partial charge in [-0.3, -0.25) is 9.59 Å². The number of likely N-dealkylation sites (tertiary alicyclic amines) is 1. The molecule has 1 unspecified atom stereocenters. The first-order valence-corrected chi connectivity index (χ1v) is 11.6. The Morgan fingerprint density at radius 1 is 1.09 bits per heavy atom. The van der Waals surface area contributed by atoms with Crippen molar-refractivity contribution >= 4 is 50.2 Å². The second-order valence-corrected chi connectivity index (χ2v) is 9.12. The number of nitrogens with zero attached hydrogens (tertiary/aromatic N) is 4. The molecule has 1 atom stereocenters. The molecule has 0 aliphatic carbocycles. The van der Waals surface area contributed by atoms with Gasteiger partial charge in [0.05, 0.1) is 22.1 Å². The number of rotatable bonds is 2. The third kappa shape index (κ3) is 3.19. The third-order valence-electron chi connectivity index (χ3n) is 6.65. The topological polar surface area (TPSA) is 81.2 Å². The molecule has 0 N–H and O–H groups in total. The molecular weight excluding hydrogens is 452 g/mol. The lowest BCUT2D eigenvalue weighted by molar-refractivity contribution is 0.0674. The van der Waals surface area contributed by atoms with Gasteiger partial charge in [-0.2, -0.15) is 0 Å². The Morgan fingerprint density at radius 2 is 1.94 bits per heavy atom. The van der Waals surface area contributed by atoms with E-state index in [9.17, 15) is 9.59 Å². The Kier molecular flexibility index (Phi) is 4.88. The van der Waals surface area contributed by atoms with Gasteiger partial charge < -0.3 is 14.0 Å². The highest BCUT2D eigenvalue weighted by molar-refractivity contribution is 6.37. The molecule has 7 nitrogen and oxygen atoms in total. The molecule has 34 heavy (non-hydrogen) atoms. The van der Waals surface area contributed by atoms with Crippen LogP contribution in [0.2, 0.25) is 5.02 Å². The Hall–Kier alpha value is -3.71. The van der Waals surface area contributed by atoms with Crippen molar-refractivity contribution in [2.45, 2.75) is 25.8 Å². The molecule has 1 aliphatic heterocycles. The lowest BCUT2D eigenvalue weighted by atomic mass is 10.0. The molecular formula is C26H21ClN4O3. The fourth-order valence-electron chi connectivity index (χ4n) is 5.03. The molecule has 1 amide bonds. The van der Waals surface area contributed by atoms with Crippen LogP contribution in [0, 0.1) is 6.92 Å². The Balaban J connectivity index is 1.43. The minimum absolute atomic E-state index is 0.131. The summed E-state index contributed by atoms with van der Waals surface area (Å²) < 4.78 is 7.12. The number of pyridine rings is 2. The molecule has 0 bridgehead atoms. The zero-order chi connectivity index (χ0) is 23.4. The van der Waals surface area contributed by atoms with Crippen LogP contribution in [-0.4, -0.2) is 38.6 Å². The average molecular weight is 473 g/mol. The minimum atomic E-state index is -0.203. The van der Waals surface area contributed by atoms with Crippen LogP contribution in [-0.2, 0) is 0 Å². The quantitative estimate of drug-likeness (QED) is 0.356. The molecule has 170 valence electrons. The van der Waals surface area contributed by atoms with Crippen LogP contribution >= 0.6 is 11.6 Å². The van der Waals surface area contributed by atoms with Crippen molar-refractivity contribution in [3.8, 4) is 0 Å². The number of aryl methyl sites for hydroxylation is 1. The molecule has 0 saturated carbocycles. The number of para-hydroxylation sites is 1. The number of carbonyl (C=O) groups is 1. The fourth-order valence-corrected chi connectivity index (χ4v) is 5.29. The van der Waals surface area contributed by atoms with Crippen molar-refractivity contribution in [3.63, 3.8) is 0 Å². The molecule has 1 fully saturated rings. The Morgan fingerprint density at radius 3 is 2.82 bits per heavy atom. The first-order chi connectivity index (χ1) is 16.5. The normalized spacial score (nSPS) is 16.5. The predicted octanol–water partition coefficient (Wildman–Crippen LogP) is 5.13. The predicted molar refractivity (Wildman–Crippen MR) is 131 cm³/mol. The van der Waals surface area contributed by atoms with E-state index in [0.717, 1.165) is 23.7 Å². The summed E-state index contributed by atoms with van der Waals surface area (Å²) in [5.74, 6) is 0.327. The number of halogens is 1. The first kappa shape index (κ1) is 20.9. The lowest BCUT2D eigenvalue weighted by Crippen LogP contribution is -2.43. The van der Waals surface area contributed by atoms with Gasteiger partial charge in [0, 0.05) is 23.9 Å². The number of aromatic nitrogens is 3. The van der Waals surface area contributed by atoms with Crippen molar-refractivity contribution in [2.75, 3.05) is 13.1 Å². The van der Waals surface area contributed by atoms with Crippen LogP contribution in [0.3, 0.4) is 0 Å². The van der Waals surface area contributed by atoms with E-state index in [4.69, 9.17) is 16.1 Å². The van der Waals surface area contributed by atoms with E-state index >= 15 is 0 Å². The summed E-state index contributed by atoms with van der Waals surface area (Å²) in [5.41, 5.74) is 2.19. The van der Waals surface area contributed by atoms with Gasteiger partial charge in [-0.05, 0) is 44.0 Å². The van der Waals surface area contributed by atoms with E-state index in [0.29, 0.717) is 51.4 Å². The molecule has 1 aliphatic rings. The van der Waals surface area contributed by atoms with Crippen LogP contribution < -0.4 is 5.56 Å². The maximum atomic E-state index is 13.6. The van der Waals surface area contributed by atoms with Gasteiger partial charge in [-0.15, -0.1) is 0 Å². The summed E-state index contributed by atoms with van der Waals surface area (Å²) in [5, 5.41) is 6.73.